The Balaban J connectivity index is 1.16. The Morgan fingerprint density at radius 2 is 0.983 bits per heavy atom. The molecule has 1 fully saturated rings. The van der Waals surface area contributed by atoms with Crippen LogP contribution in [-0.2, 0) is 85.1 Å². The molecular formula is C82H113ClN20O12. The number of hydrogen-bond donors (Lipinski definition) is 16. The number of primary amides is 1. The average Bonchev–Trinajstić information content (AvgIpc) is 1.82. The van der Waals surface area contributed by atoms with Crippen molar-refractivity contribution in [2.75, 3.05) is 39.3 Å². The molecule has 4 heterocycles. The molecule has 10 atom stereocenters. The number of guanidine groups is 1. The van der Waals surface area contributed by atoms with Gasteiger partial charge in [0.15, 0.2) is 5.96 Å². The maximum atomic E-state index is 15.2. The summed E-state index contributed by atoms with van der Waals surface area (Å²) in [5.74, 6) is -8.62. The van der Waals surface area contributed by atoms with Crippen molar-refractivity contribution in [2.45, 2.75) is 210 Å². The highest BCUT2D eigenvalue weighted by Crippen LogP contribution is 2.22. The number of pyridine rings is 3. The third-order valence-corrected chi connectivity index (χ3v) is 19.6. The number of fused-ring (bicyclic) bond motifs is 1. The quantitative estimate of drug-likeness (QED) is 0.0147. The number of likely N-dealkylation sites (tertiary alicyclic amines) is 1. The maximum Gasteiger partial charge on any atom is 0.245 e. The van der Waals surface area contributed by atoms with Crippen LogP contribution in [0.1, 0.15) is 139 Å². The molecular weight excluding hydrogens is 1490 g/mol. The SMILES string of the molecule is CC(=O)N[C@H](Cc1ccc2ccccc2c1)C(=O)N[C@H](Cc1ccc(Cl)cc1)C(=O)N[C@H](Cc1cccnc1)C(=O)N[C@@H](CO)C(=O)N[C@@H](CCCCNCc1ccccn1)C(=O)N[C@@H](CCCCNCc1ccccn1)C(=O)N[C@@H](CCCN=C(N)N)C(=O)N[C@@H](CCCCNC(C)C)C(=O)N1CCC[C@@H]1C(=O)N[C@H](C)C(N)=O. The van der Waals surface area contributed by atoms with E-state index >= 15 is 9.59 Å². The Morgan fingerprint density at radius 1 is 0.504 bits per heavy atom. The van der Waals surface area contributed by atoms with E-state index in [0.29, 0.717) is 93.8 Å². The van der Waals surface area contributed by atoms with Gasteiger partial charge >= 0.3 is 0 Å². The lowest BCUT2D eigenvalue weighted by molar-refractivity contribution is -0.142. The molecule has 19 N–H and O–H groups in total. The Labute approximate surface area is 676 Å². The van der Waals surface area contributed by atoms with Crippen LogP contribution in [0.3, 0.4) is 0 Å². The number of aliphatic hydroxyl groups is 1. The number of nitrogens with one attached hydrogen (secondary N) is 12. The van der Waals surface area contributed by atoms with Gasteiger partial charge in [-0.15, -0.1) is 0 Å². The number of unbranched alkanes of at least 4 members (excludes halogenated alkanes) is 3. The summed E-state index contributed by atoms with van der Waals surface area (Å²) in [7, 11) is 0. The molecule has 1 aliphatic rings. The van der Waals surface area contributed by atoms with Crippen LogP contribution in [0.5, 0.6) is 0 Å². The van der Waals surface area contributed by atoms with E-state index in [1.807, 2.05) is 80.6 Å². The van der Waals surface area contributed by atoms with Gasteiger partial charge in [-0.05, 0) is 180 Å². The van der Waals surface area contributed by atoms with Crippen molar-refractivity contribution in [1.29, 1.82) is 0 Å². The van der Waals surface area contributed by atoms with Crippen LogP contribution >= 0.6 is 11.6 Å². The number of carbonyl (C=O) groups is 11. The minimum Gasteiger partial charge on any atom is -0.394 e. The lowest BCUT2D eigenvalue weighted by atomic mass is 9.99. The second kappa shape index (κ2) is 48.9. The molecule has 0 spiro atoms. The van der Waals surface area contributed by atoms with Gasteiger partial charge in [0.2, 0.25) is 65.0 Å². The topological polar surface area (TPSA) is 485 Å². The van der Waals surface area contributed by atoms with Gasteiger partial charge in [-0.25, -0.2) is 0 Å². The summed E-state index contributed by atoms with van der Waals surface area (Å²) in [6.07, 6.45) is 9.53. The molecule has 0 saturated carbocycles. The number of hydrogen-bond acceptors (Lipinski definition) is 19. The second-order valence-corrected chi connectivity index (χ2v) is 29.4. The number of aliphatic imine (C=N–C) groups is 1. The number of nitrogens with zero attached hydrogens (tertiary/aromatic N) is 5. The van der Waals surface area contributed by atoms with Crippen LogP contribution in [0.2, 0.25) is 5.02 Å². The Bertz CT molecular complexity index is 4150. The third kappa shape index (κ3) is 32.4. The molecule has 1 saturated heterocycles. The molecule has 7 rings (SSSR count). The highest BCUT2D eigenvalue weighted by molar-refractivity contribution is 6.30. The van der Waals surface area contributed by atoms with E-state index in [-0.39, 0.29) is 82.9 Å². The van der Waals surface area contributed by atoms with Gasteiger partial charge in [0.25, 0.3) is 0 Å². The number of amides is 11. The van der Waals surface area contributed by atoms with E-state index in [2.05, 4.69) is 83.7 Å². The van der Waals surface area contributed by atoms with Gasteiger partial charge in [-0.3, -0.25) is 72.7 Å². The molecule has 0 bridgehead atoms. The van der Waals surface area contributed by atoms with Crippen molar-refractivity contribution in [3.05, 3.63) is 173 Å². The number of halogens is 1. The zero-order valence-corrected chi connectivity index (χ0v) is 66.6. The van der Waals surface area contributed by atoms with E-state index in [1.54, 1.807) is 60.9 Å². The van der Waals surface area contributed by atoms with E-state index < -0.39 is 132 Å². The number of rotatable bonds is 50. The van der Waals surface area contributed by atoms with E-state index in [1.165, 1.54) is 31.1 Å². The van der Waals surface area contributed by atoms with Crippen LogP contribution in [-0.4, -0.2) is 202 Å². The number of aliphatic hydroxyl groups excluding tert-OH is 1. The Hall–Kier alpha value is -11.1. The smallest absolute Gasteiger partial charge is 0.245 e. The highest BCUT2D eigenvalue weighted by Gasteiger charge is 2.40. The van der Waals surface area contributed by atoms with Crippen LogP contribution in [0.15, 0.2) is 145 Å². The molecule has 11 amide bonds. The van der Waals surface area contributed by atoms with Gasteiger partial charge in [0.1, 0.15) is 60.4 Å². The summed E-state index contributed by atoms with van der Waals surface area (Å²) in [6, 6.07) is 21.0. The molecule has 1 aliphatic heterocycles. The molecule has 620 valence electrons. The van der Waals surface area contributed by atoms with Crippen molar-refractivity contribution in [3.8, 4) is 0 Å². The molecule has 32 nitrogen and oxygen atoms in total. The molecule has 0 aliphatic carbocycles. The van der Waals surface area contributed by atoms with Gasteiger partial charge in [-0.2, -0.15) is 0 Å². The number of aromatic nitrogens is 3. The fourth-order valence-electron chi connectivity index (χ4n) is 13.1. The van der Waals surface area contributed by atoms with Crippen molar-refractivity contribution in [1.82, 2.24) is 83.7 Å². The standard InChI is InChI=1S/C82H113ClN20O12/c1-52(2)90-39-16-11-27-66(81(115)103-43-19-29-71(103)80(114)94-53(3)72(84)106)99-75(109)65(28-18-42-93-82(85)86)97-73(107)63(25-9-12-36-88-49-61-23-7-14-40-91-61)96-74(108)64(26-10-13-37-89-50-62-24-8-15-41-92-62)98-79(113)70(51-104)102-78(112)69(47-57-20-17-38-87-48-57)101-77(111)68(45-55-31-34-60(83)35-32-55)100-76(110)67(95-54(4)105)46-56-30-33-58-21-5-6-22-59(58)44-56/h5-8,14-15,17,20-24,30-35,38,40-41,44,48,52-53,63-71,88-90,104H,9-13,16,18-19,25-29,36-37,39,42-43,45-47,49-51H2,1-4H3,(H2,84,106)(H,94,114)(H,95,105)(H,96,108)(H,97,107)(H,98,113)(H,99,109)(H,100,110)(H,101,111)(H,102,112)(H4,85,86,93)/t53-,63+,64+,65+,66+,67-,68-,69-,70+,71-/m1/s1. The summed E-state index contributed by atoms with van der Waals surface area (Å²) in [4.78, 5) is 176. The lowest BCUT2D eigenvalue weighted by Gasteiger charge is -2.31. The zero-order valence-electron chi connectivity index (χ0n) is 65.9. The van der Waals surface area contributed by atoms with E-state index in [9.17, 15) is 48.3 Å². The normalized spacial score (nSPS) is 14.9. The van der Waals surface area contributed by atoms with Crippen molar-refractivity contribution < 1.29 is 57.8 Å². The first-order valence-electron chi connectivity index (χ1n) is 39.4. The predicted octanol–water partition coefficient (Wildman–Crippen LogP) is 1.72. The van der Waals surface area contributed by atoms with E-state index in [0.717, 1.165) is 27.7 Å². The monoisotopic (exact) mass is 1600 g/mol. The van der Waals surface area contributed by atoms with Crippen LogP contribution in [0, 0.1) is 0 Å². The minimum absolute atomic E-state index is 0.00754. The van der Waals surface area contributed by atoms with Gasteiger partial charge < -0.3 is 91.0 Å². The molecule has 3 aromatic carbocycles. The van der Waals surface area contributed by atoms with Crippen LogP contribution in [0.25, 0.3) is 10.8 Å². The summed E-state index contributed by atoms with van der Waals surface area (Å²) in [5, 5.41) is 48.2. The number of benzene rings is 3. The number of carbonyl (C=O) groups excluding carboxylic acids is 11. The van der Waals surface area contributed by atoms with Crippen LogP contribution in [0.4, 0.5) is 0 Å². The fraction of sp³-hybridized carbons (Fsp3) is 0.476. The fourth-order valence-corrected chi connectivity index (χ4v) is 13.3. The van der Waals surface area contributed by atoms with Crippen molar-refractivity contribution in [2.24, 2.45) is 22.2 Å². The molecule has 6 aromatic rings. The van der Waals surface area contributed by atoms with Crippen molar-refractivity contribution in [3.63, 3.8) is 0 Å². The van der Waals surface area contributed by atoms with Crippen LogP contribution < -0.4 is 81.0 Å². The molecule has 33 heteroatoms. The molecule has 0 radical (unpaired) electrons. The summed E-state index contributed by atoms with van der Waals surface area (Å²) >= 11 is 6.28. The molecule has 115 heavy (non-hydrogen) atoms. The predicted molar refractivity (Wildman–Crippen MR) is 437 cm³/mol. The largest absolute Gasteiger partial charge is 0.394 e. The number of nitrogens with two attached hydrogens (primary N) is 3. The molecule has 0 unspecified atom stereocenters. The summed E-state index contributed by atoms with van der Waals surface area (Å²) < 4.78 is 0. The Morgan fingerprint density at radius 3 is 1.50 bits per heavy atom. The lowest BCUT2D eigenvalue weighted by Crippen LogP contribution is -2.61. The zero-order chi connectivity index (χ0) is 83.0. The third-order valence-electron chi connectivity index (χ3n) is 19.4. The first-order valence-corrected chi connectivity index (χ1v) is 39.7. The molecule has 3 aromatic heterocycles. The van der Waals surface area contributed by atoms with Gasteiger partial charge in [0.05, 0.1) is 18.0 Å². The summed E-state index contributed by atoms with van der Waals surface area (Å²) in [5.41, 5.74) is 20.2. The van der Waals surface area contributed by atoms with Gasteiger partial charge in [0, 0.05) is 88.2 Å². The Kier molecular flexibility index (Phi) is 38.7. The first-order chi connectivity index (χ1) is 55.3. The average molecular weight is 1610 g/mol. The van der Waals surface area contributed by atoms with Crippen molar-refractivity contribution >= 4 is 93.3 Å². The summed E-state index contributed by atoms with van der Waals surface area (Å²) in [6.45, 7) is 8.25. The van der Waals surface area contributed by atoms with E-state index in [4.69, 9.17) is 28.8 Å². The second-order valence-electron chi connectivity index (χ2n) is 29.0. The van der Waals surface area contributed by atoms with Gasteiger partial charge in [-0.1, -0.05) is 98.2 Å². The maximum absolute atomic E-state index is 15.2. The highest BCUT2D eigenvalue weighted by atomic mass is 35.5. The first kappa shape index (κ1) is 91.1. The minimum atomic E-state index is -1.78.